The molecule has 0 aliphatic rings. The van der Waals surface area contributed by atoms with Crippen molar-refractivity contribution in [3.63, 3.8) is 0 Å². The van der Waals surface area contributed by atoms with Gasteiger partial charge in [-0.25, -0.2) is 0 Å². The predicted molar refractivity (Wildman–Crippen MR) is 66.5 cm³/mol. The van der Waals surface area contributed by atoms with Crippen molar-refractivity contribution in [2.75, 3.05) is 0 Å². The van der Waals surface area contributed by atoms with Gasteiger partial charge >= 0.3 is 0 Å². The molecule has 0 saturated carbocycles. The van der Waals surface area contributed by atoms with Crippen LogP contribution in [0.25, 0.3) is 0 Å². The summed E-state index contributed by atoms with van der Waals surface area (Å²) in [6.45, 7) is 14.1. The van der Waals surface area contributed by atoms with Crippen LogP contribution < -0.4 is 0 Å². The highest BCUT2D eigenvalue weighted by atomic mass is 14.2. The van der Waals surface area contributed by atoms with Gasteiger partial charge in [-0.15, -0.1) is 0 Å². The van der Waals surface area contributed by atoms with E-state index in [0.29, 0.717) is 0 Å². The van der Waals surface area contributed by atoms with E-state index in [1.165, 1.54) is 25.7 Å². The molecule has 0 radical (unpaired) electrons. The minimum absolute atomic E-state index is 0.862. The summed E-state index contributed by atoms with van der Waals surface area (Å²) in [5.74, 6) is 3.61. The largest absolute Gasteiger partial charge is 0.0651 e. The van der Waals surface area contributed by atoms with E-state index >= 15 is 0 Å². The second-order valence-corrected chi connectivity index (χ2v) is 5.75. The van der Waals surface area contributed by atoms with E-state index in [9.17, 15) is 0 Å². The monoisotopic (exact) mass is 198 g/mol. The smallest absolute Gasteiger partial charge is 0.0386 e. The first kappa shape index (κ1) is 14.0. The Morgan fingerprint density at radius 3 is 1.71 bits per heavy atom. The van der Waals surface area contributed by atoms with Crippen LogP contribution in [0, 0.1) is 23.7 Å². The van der Waals surface area contributed by atoms with Crippen LogP contribution in [0.2, 0.25) is 0 Å². The highest BCUT2D eigenvalue weighted by molar-refractivity contribution is 4.68. The minimum Gasteiger partial charge on any atom is -0.0651 e. The Morgan fingerprint density at radius 2 is 1.36 bits per heavy atom. The molecule has 0 saturated heterocycles. The molecule has 0 rings (SSSR count). The van der Waals surface area contributed by atoms with Crippen molar-refractivity contribution in [2.45, 2.75) is 67.2 Å². The average molecular weight is 198 g/mol. The van der Waals surface area contributed by atoms with Gasteiger partial charge in [0.05, 0.1) is 0 Å². The van der Waals surface area contributed by atoms with Crippen molar-refractivity contribution in [3.8, 4) is 0 Å². The summed E-state index contributed by atoms with van der Waals surface area (Å²) in [5, 5.41) is 0. The van der Waals surface area contributed by atoms with Gasteiger partial charge in [0.2, 0.25) is 0 Å². The van der Waals surface area contributed by atoms with Crippen LogP contribution in [-0.2, 0) is 0 Å². The zero-order chi connectivity index (χ0) is 11.1. The molecular weight excluding hydrogens is 168 g/mol. The van der Waals surface area contributed by atoms with E-state index in [1.807, 2.05) is 0 Å². The molecule has 2 unspecified atom stereocenters. The molecule has 14 heavy (non-hydrogen) atoms. The zero-order valence-electron chi connectivity index (χ0n) is 11.1. The zero-order valence-corrected chi connectivity index (χ0v) is 11.1. The van der Waals surface area contributed by atoms with E-state index in [0.717, 1.165) is 23.7 Å². The average Bonchev–Trinajstić information content (AvgIpc) is 2.10. The van der Waals surface area contributed by atoms with E-state index < -0.39 is 0 Å². The summed E-state index contributed by atoms with van der Waals surface area (Å²) in [6, 6.07) is 0. The van der Waals surface area contributed by atoms with Gasteiger partial charge in [-0.3, -0.25) is 0 Å². The molecule has 0 spiro atoms. The van der Waals surface area contributed by atoms with Gasteiger partial charge in [0, 0.05) is 0 Å². The Kier molecular flexibility index (Phi) is 7.31. The van der Waals surface area contributed by atoms with Crippen LogP contribution >= 0.6 is 0 Å². The van der Waals surface area contributed by atoms with Crippen molar-refractivity contribution in [2.24, 2.45) is 23.7 Å². The highest BCUT2D eigenvalue weighted by Crippen LogP contribution is 2.28. The first-order valence-electron chi connectivity index (χ1n) is 6.47. The Morgan fingerprint density at radius 1 is 0.786 bits per heavy atom. The molecule has 0 nitrogen and oxygen atoms in total. The molecule has 0 aromatic carbocycles. The maximum Gasteiger partial charge on any atom is -0.0386 e. The van der Waals surface area contributed by atoms with Gasteiger partial charge in [-0.1, -0.05) is 54.4 Å². The molecule has 86 valence electrons. The van der Waals surface area contributed by atoms with Crippen LogP contribution in [0.3, 0.4) is 0 Å². The van der Waals surface area contributed by atoms with E-state index in [-0.39, 0.29) is 0 Å². The van der Waals surface area contributed by atoms with E-state index in [2.05, 4.69) is 41.5 Å². The molecular formula is C14H30. The number of hydrogen-bond donors (Lipinski definition) is 0. The lowest BCUT2D eigenvalue weighted by Crippen LogP contribution is -2.14. The van der Waals surface area contributed by atoms with Crippen molar-refractivity contribution < 1.29 is 0 Å². The van der Waals surface area contributed by atoms with Crippen LogP contribution in [-0.4, -0.2) is 0 Å². The summed E-state index contributed by atoms with van der Waals surface area (Å²) >= 11 is 0. The first-order chi connectivity index (χ1) is 6.47. The first-order valence-corrected chi connectivity index (χ1v) is 6.47. The standard InChI is InChI=1S/C14H30/c1-7-13(6)14(10-12(4)5)9-8-11(2)3/h11-14H,7-10H2,1-6H3. The SMILES string of the molecule is CCC(C)C(CCC(C)C)CC(C)C. The predicted octanol–water partition coefficient (Wildman–Crippen LogP) is 5.13. The lowest BCUT2D eigenvalue weighted by atomic mass is 9.81. The van der Waals surface area contributed by atoms with Gasteiger partial charge in [0.1, 0.15) is 0 Å². The molecule has 0 aliphatic carbocycles. The Hall–Kier alpha value is 0. The second kappa shape index (κ2) is 7.31. The lowest BCUT2D eigenvalue weighted by Gasteiger charge is -2.25. The summed E-state index contributed by atoms with van der Waals surface area (Å²) in [5.41, 5.74) is 0. The summed E-state index contributed by atoms with van der Waals surface area (Å²) in [6.07, 6.45) is 5.60. The van der Waals surface area contributed by atoms with E-state index in [4.69, 9.17) is 0 Å². The summed E-state index contributed by atoms with van der Waals surface area (Å²) in [7, 11) is 0. The van der Waals surface area contributed by atoms with Gasteiger partial charge in [0.25, 0.3) is 0 Å². The third-order valence-corrected chi connectivity index (χ3v) is 3.34. The summed E-state index contributed by atoms with van der Waals surface area (Å²) < 4.78 is 0. The fraction of sp³-hybridized carbons (Fsp3) is 1.00. The third-order valence-electron chi connectivity index (χ3n) is 3.34. The Balaban J connectivity index is 3.97. The van der Waals surface area contributed by atoms with Crippen LogP contribution in [0.1, 0.15) is 67.2 Å². The van der Waals surface area contributed by atoms with Gasteiger partial charge in [-0.2, -0.15) is 0 Å². The van der Waals surface area contributed by atoms with Crippen LogP contribution in [0.4, 0.5) is 0 Å². The maximum absolute atomic E-state index is 2.42. The molecule has 0 heterocycles. The van der Waals surface area contributed by atoms with Crippen molar-refractivity contribution in [1.29, 1.82) is 0 Å². The molecule has 0 N–H and O–H groups in total. The number of hydrogen-bond acceptors (Lipinski definition) is 0. The molecule has 0 aromatic heterocycles. The van der Waals surface area contributed by atoms with Gasteiger partial charge < -0.3 is 0 Å². The number of rotatable bonds is 7. The molecule has 0 bridgehead atoms. The Bertz CT molecular complexity index is 124. The van der Waals surface area contributed by atoms with Crippen molar-refractivity contribution >= 4 is 0 Å². The molecule has 2 atom stereocenters. The van der Waals surface area contributed by atoms with Crippen molar-refractivity contribution in [3.05, 3.63) is 0 Å². The lowest BCUT2D eigenvalue weighted by molar-refractivity contribution is 0.260. The van der Waals surface area contributed by atoms with Crippen LogP contribution in [0.5, 0.6) is 0 Å². The second-order valence-electron chi connectivity index (χ2n) is 5.75. The Labute approximate surface area is 91.5 Å². The van der Waals surface area contributed by atoms with Crippen molar-refractivity contribution in [1.82, 2.24) is 0 Å². The van der Waals surface area contributed by atoms with Gasteiger partial charge in [-0.05, 0) is 36.5 Å². The molecule has 0 fully saturated rings. The fourth-order valence-corrected chi connectivity index (χ4v) is 2.12. The maximum atomic E-state index is 2.42. The van der Waals surface area contributed by atoms with Gasteiger partial charge in [0.15, 0.2) is 0 Å². The topological polar surface area (TPSA) is 0 Å². The molecule has 0 amide bonds. The third kappa shape index (κ3) is 6.45. The van der Waals surface area contributed by atoms with Crippen LogP contribution in [0.15, 0.2) is 0 Å². The normalized spacial score (nSPS) is 16.3. The molecule has 0 heteroatoms. The minimum atomic E-state index is 0.862. The highest BCUT2D eigenvalue weighted by Gasteiger charge is 2.17. The molecule has 0 aromatic rings. The van der Waals surface area contributed by atoms with E-state index in [1.54, 1.807) is 0 Å². The summed E-state index contributed by atoms with van der Waals surface area (Å²) in [4.78, 5) is 0. The fourth-order valence-electron chi connectivity index (χ4n) is 2.12. The molecule has 0 aliphatic heterocycles. The quantitative estimate of drug-likeness (QED) is 0.532.